The second kappa shape index (κ2) is 5.23. The Morgan fingerprint density at radius 3 is 2.71 bits per heavy atom. The highest BCUT2D eigenvalue weighted by molar-refractivity contribution is 5.11. The Bertz CT molecular complexity index is 297. The quantitative estimate of drug-likeness (QED) is 0.827. The first-order chi connectivity index (χ1) is 7.77. The van der Waals surface area contributed by atoms with Gasteiger partial charge in [-0.25, -0.2) is 0 Å². The van der Waals surface area contributed by atoms with E-state index in [2.05, 4.69) is 6.07 Å². The molecular formula is C11H18F3N3. The topological polar surface area (TPSA) is 53.0 Å². The minimum Gasteiger partial charge on any atom is -0.313 e. The molecule has 1 fully saturated rings. The van der Waals surface area contributed by atoms with Crippen molar-refractivity contribution in [2.75, 3.05) is 20.1 Å². The van der Waals surface area contributed by atoms with Crippen molar-refractivity contribution in [3.05, 3.63) is 0 Å². The molecule has 2 N–H and O–H groups in total. The first-order valence-electron chi connectivity index (χ1n) is 5.72. The molecule has 6 heteroatoms. The fraction of sp³-hybridized carbons (Fsp3) is 0.909. The second-order valence-electron chi connectivity index (χ2n) is 4.88. The molecule has 0 aromatic carbocycles. The van der Waals surface area contributed by atoms with E-state index in [1.807, 2.05) is 0 Å². The van der Waals surface area contributed by atoms with Crippen LogP contribution in [0.4, 0.5) is 13.2 Å². The monoisotopic (exact) mass is 249 g/mol. The number of hydrogen-bond acceptors (Lipinski definition) is 3. The molecule has 0 radical (unpaired) electrons. The molecular weight excluding hydrogens is 231 g/mol. The highest BCUT2D eigenvalue weighted by Crippen LogP contribution is 2.35. The zero-order valence-electron chi connectivity index (χ0n) is 9.93. The zero-order valence-corrected chi connectivity index (χ0v) is 9.93. The molecule has 0 saturated heterocycles. The van der Waals surface area contributed by atoms with Crippen molar-refractivity contribution in [1.82, 2.24) is 4.90 Å². The van der Waals surface area contributed by atoms with Gasteiger partial charge in [0.1, 0.15) is 5.54 Å². The predicted octanol–water partition coefficient (Wildman–Crippen LogP) is 1.89. The van der Waals surface area contributed by atoms with Gasteiger partial charge in [0.15, 0.2) is 0 Å². The van der Waals surface area contributed by atoms with Crippen LogP contribution in [0.25, 0.3) is 0 Å². The molecule has 0 amide bonds. The largest absolute Gasteiger partial charge is 0.401 e. The van der Waals surface area contributed by atoms with Gasteiger partial charge in [0, 0.05) is 0 Å². The smallest absolute Gasteiger partial charge is 0.313 e. The van der Waals surface area contributed by atoms with Gasteiger partial charge < -0.3 is 5.73 Å². The SMILES string of the molecule is CN(CCC1CCCC1(N)C#N)CC(F)(F)F. The Kier molecular flexibility index (Phi) is 4.39. The van der Waals surface area contributed by atoms with Crippen LogP contribution in [0.5, 0.6) is 0 Å². The van der Waals surface area contributed by atoms with Crippen LogP contribution in [-0.2, 0) is 0 Å². The highest BCUT2D eigenvalue weighted by atomic mass is 19.4. The van der Waals surface area contributed by atoms with Crippen LogP contribution in [0.1, 0.15) is 25.7 Å². The molecule has 2 atom stereocenters. The summed E-state index contributed by atoms with van der Waals surface area (Å²) < 4.78 is 36.3. The van der Waals surface area contributed by atoms with Crippen molar-refractivity contribution in [2.45, 2.75) is 37.4 Å². The lowest BCUT2D eigenvalue weighted by Crippen LogP contribution is -2.43. The standard InChI is InChI=1S/C11H18F3N3/c1-17(8-11(12,13)14)6-4-9-3-2-5-10(9,16)7-15/h9H,2-6,8,16H2,1H3. The maximum Gasteiger partial charge on any atom is 0.401 e. The lowest BCUT2D eigenvalue weighted by molar-refractivity contribution is -0.143. The number of rotatable bonds is 4. The molecule has 98 valence electrons. The molecule has 0 bridgehead atoms. The summed E-state index contributed by atoms with van der Waals surface area (Å²) in [5.41, 5.74) is 5.08. The molecule has 3 nitrogen and oxygen atoms in total. The molecule has 0 spiro atoms. The van der Waals surface area contributed by atoms with Gasteiger partial charge in [-0.15, -0.1) is 0 Å². The van der Waals surface area contributed by atoms with E-state index >= 15 is 0 Å². The Labute approximate surface area is 99.4 Å². The zero-order chi connectivity index (χ0) is 13.1. The molecule has 1 rings (SSSR count). The number of nitrogens with zero attached hydrogens (tertiary/aromatic N) is 2. The van der Waals surface area contributed by atoms with Crippen LogP contribution >= 0.6 is 0 Å². The van der Waals surface area contributed by atoms with Crippen molar-refractivity contribution in [3.8, 4) is 6.07 Å². The number of halogens is 3. The van der Waals surface area contributed by atoms with Gasteiger partial charge in [-0.05, 0) is 38.8 Å². The summed E-state index contributed by atoms with van der Waals surface area (Å²) in [6.45, 7) is -0.589. The summed E-state index contributed by atoms with van der Waals surface area (Å²) in [7, 11) is 1.44. The average molecular weight is 249 g/mol. The predicted molar refractivity (Wildman–Crippen MR) is 58.0 cm³/mol. The van der Waals surface area contributed by atoms with E-state index in [0.717, 1.165) is 12.8 Å². The first-order valence-corrected chi connectivity index (χ1v) is 5.72. The lowest BCUT2D eigenvalue weighted by Gasteiger charge is -2.26. The number of hydrogen-bond donors (Lipinski definition) is 1. The van der Waals surface area contributed by atoms with Crippen molar-refractivity contribution < 1.29 is 13.2 Å². The van der Waals surface area contributed by atoms with Crippen LogP contribution in [0.3, 0.4) is 0 Å². The summed E-state index contributed by atoms with van der Waals surface area (Å²) in [4.78, 5) is 1.23. The summed E-state index contributed by atoms with van der Waals surface area (Å²) in [5, 5.41) is 8.98. The lowest BCUT2D eigenvalue weighted by atomic mass is 9.87. The molecule has 0 aromatic rings. The number of alkyl halides is 3. The van der Waals surface area contributed by atoms with E-state index in [1.165, 1.54) is 11.9 Å². The normalized spacial score (nSPS) is 29.6. The van der Waals surface area contributed by atoms with Gasteiger partial charge in [0.2, 0.25) is 0 Å². The van der Waals surface area contributed by atoms with Gasteiger partial charge in [-0.3, -0.25) is 4.90 Å². The molecule has 1 aliphatic rings. The van der Waals surface area contributed by atoms with Gasteiger partial charge in [-0.1, -0.05) is 6.42 Å². The van der Waals surface area contributed by atoms with E-state index in [-0.39, 0.29) is 5.92 Å². The minimum absolute atomic E-state index is 0.0168. The van der Waals surface area contributed by atoms with Crippen molar-refractivity contribution in [1.29, 1.82) is 5.26 Å². The van der Waals surface area contributed by atoms with Crippen LogP contribution in [0, 0.1) is 17.2 Å². The number of nitrogens with two attached hydrogens (primary N) is 1. The van der Waals surface area contributed by atoms with Crippen molar-refractivity contribution in [3.63, 3.8) is 0 Å². The molecule has 0 aromatic heterocycles. The fourth-order valence-corrected chi connectivity index (χ4v) is 2.41. The molecule has 0 heterocycles. The van der Waals surface area contributed by atoms with E-state index in [4.69, 9.17) is 11.0 Å². The Balaban J connectivity index is 2.39. The van der Waals surface area contributed by atoms with E-state index in [1.54, 1.807) is 0 Å². The third-order valence-electron chi connectivity index (χ3n) is 3.39. The fourth-order valence-electron chi connectivity index (χ4n) is 2.41. The summed E-state index contributed by atoms with van der Waals surface area (Å²) in [6.07, 6.45) is -1.24. The average Bonchev–Trinajstić information content (AvgIpc) is 2.55. The Morgan fingerprint density at radius 1 is 1.53 bits per heavy atom. The van der Waals surface area contributed by atoms with E-state index in [0.29, 0.717) is 19.4 Å². The van der Waals surface area contributed by atoms with Crippen molar-refractivity contribution >= 4 is 0 Å². The van der Waals surface area contributed by atoms with Gasteiger partial charge in [0.05, 0.1) is 12.6 Å². The third kappa shape index (κ3) is 4.17. The van der Waals surface area contributed by atoms with Gasteiger partial charge in [0.25, 0.3) is 0 Å². The second-order valence-corrected chi connectivity index (χ2v) is 4.88. The van der Waals surface area contributed by atoms with Crippen LogP contribution in [0.15, 0.2) is 0 Å². The van der Waals surface area contributed by atoms with Gasteiger partial charge >= 0.3 is 6.18 Å². The van der Waals surface area contributed by atoms with E-state index in [9.17, 15) is 13.2 Å². The van der Waals surface area contributed by atoms with Gasteiger partial charge in [-0.2, -0.15) is 18.4 Å². The van der Waals surface area contributed by atoms with Crippen LogP contribution in [-0.4, -0.2) is 36.8 Å². The van der Waals surface area contributed by atoms with Crippen molar-refractivity contribution in [2.24, 2.45) is 11.7 Å². The molecule has 0 aliphatic heterocycles. The minimum atomic E-state index is -4.17. The number of nitriles is 1. The summed E-state index contributed by atoms with van der Waals surface area (Å²) >= 11 is 0. The highest BCUT2D eigenvalue weighted by Gasteiger charge is 2.39. The maximum absolute atomic E-state index is 12.1. The maximum atomic E-state index is 12.1. The molecule has 2 unspecified atom stereocenters. The third-order valence-corrected chi connectivity index (χ3v) is 3.39. The summed E-state index contributed by atoms with van der Waals surface area (Å²) in [6, 6.07) is 2.10. The van der Waals surface area contributed by atoms with E-state index < -0.39 is 18.3 Å². The molecule has 1 saturated carbocycles. The first kappa shape index (κ1) is 14.3. The Morgan fingerprint density at radius 2 is 2.18 bits per heavy atom. The summed E-state index contributed by atoms with van der Waals surface area (Å²) in [5.74, 6) is 0.0168. The van der Waals surface area contributed by atoms with Crippen LogP contribution < -0.4 is 5.73 Å². The van der Waals surface area contributed by atoms with Crippen LogP contribution in [0.2, 0.25) is 0 Å². The Hall–Kier alpha value is -0.800. The molecule has 17 heavy (non-hydrogen) atoms. The molecule has 1 aliphatic carbocycles.